The molecule has 0 aliphatic rings. The molecule has 0 unspecified atom stereocenters. The third-order valence-corrected chi connectivity index (χ3v) is 2.28. The van der Waals surface area contributed by atoms with E-state index < -0.39 is 19.8 Å². The second-order valence-corrected chi connectivity index (χ2v) is 4.24. The monoisotopic (exact) mass is 292 g/mol. The Morgan fingerprint density at radius 3 is 1.20 bits per heavy atom. The highest BCUT2D eigenvalue weighted by molar-refractivity contribution is 7.30. The molecule has 6 heteroatoms. The summed E-state index contributed by atoms with van der Waals surface area (Å²) in [6.07, 6.45) is 0. The molecule has 0 fully saturated rings. The van der Waals surface area contributed by atoms with Crippen LogP contribution < -0.4 is 0 Å². The van der Waals surface area contributed by atoms with Crippen LogP contribution in [-0.4, -0.2) is 21.4 Å². The summed E-state index contributed by atoms with van der Waals surface area (Å²) in [7, 11) is -3.13. The Morgan fingerprint density at radius 2 is 0.950 bits per heavy atom. The molecule has 2 N–H and O–H groups in total. The number of hydrogen-bond donors (Lipinski definition) is 2. The third kappa shape index (κ3) is 5.28. The van der Waals surface area contributed by atoms with Gasteiger partial charge in [0.1, 0.15) is 0 Å². The molecule has 20 heavy (non-hydrogen) atoms. The Bertz CT molecular complexity index is 542. The summed E-state index contributed by atoms with van der Waals surface area (Å²) in [6.45, 7) is 0. The maximum absolute atomic E-state index is 11.8. The van der Waals surface area contributed by atoms with Crippen molar-refractivity contribution < 1.29 is 23.9 Å². The van der Waals surface area contributed by atoms with E-state index in [1.54, 1.807) is 48.5 Å². The van der Waals surface area contributed by atoms with Crippen molar-refractivity contribution in [1.82, 2.24) is 0 Å². The number of ketones is 2. The second-order valence-electron chi connectivity index (χ2n) is 3.67. The van der Waals surface area contributed by atoms with E-state index in [1.807, 2.05) is 12.1 Å². The maximum Gasteiger partial charge on any atom is 0.314 e. The Kier molecular flexibility index (Phi) is 6.53. The zero-order valence-corrected chi connectivity index (χ0v) is 11.4. The van der Waals surface area contributed by atoms with E-state index in [-0.39, 0.29) is 0 Å². The van der Waals surface area contributed by atoms with Crippen molar-refractivity contribution in [2.75, 3.05) is 0 Å². The minimum atomic E-state index is -3.13. The topological polar surface area (TPSA) is 91.7 Å². The lowest BCUT2D eigenvalue weighted by molar-refractivity contribution is 0.0817. The number of benzene rings is 2. The molecule has 0 aliphatic carbocycles. The van der Waals surface area contributed by atoms with Crippen LogP contribution in [0.2, 0.25) is 0 Å². The Labute approximate surface area is 116 Å². The SMILES string of the molecule is O=C(C(=O)c1ccccc1)c1ccccc1.O=[PH](O)O. The normalized spacial score (nSPS) is 9.55. The summed E-state index contributed by atoms with van der Waals surface area (Å²) < 4.78 is 8.74. The molecule has 2 aromatic rings. The average molecular weight is 292 g/mol. The van der Waals surface area contributed by atoms with Gasteiger partial charge in [-0.3, -0.25) is 14.2 Å². The molecular weight excluding hydrogens is 279 g/mol. The Hall–Kier alpha value is -2.07. The predicted molar refractivity (Wildman–Crippen MR) is 75.0 cm³/mol. The summed E-state index contributed by atoms with van der Waals surface area (Å²) in [5.74, 6) is -0.932. The van der Waals surface area contributed by atoms with Crippen molar-refractivity contribution in [3.8, 4) is 0 Å². The molecule has 2 aromatic carbocycles. The number of hydrogen-bond acceptors (Lipinski definition) is 3. The summed E-state index contributed by atoms with van der Waals surface area (Å²) in [5, 5.41) is 0. The fraction of sp³-hybridized carbons (Fsp3) is 0. The van der Waals surface area contributed by atoms with Crippen LogP contribution in [0.4, 0.5) is 0 Å². The maximum atomic E-state index is 11.8. The zero-order chi connectivity index (χ0) is 15.0. The molecule has 104 valence electrons. The first-order valence-electron chi connectivity index (χ1n) is 5.63. The van der Waals surface area contributed by atoms with Gasteiger partial charge in [0.15, 0.2) is 0 Å². The van der Waals surface area contributed by atoms with Crippen LogP contribution in [0.5, 0.6) is 0 Å². The lowest BCUT2D eigenvalue weighted by Crippen LogP contribution is -2.14. The van der Waals surface area contributed by atoms with E-state index in [9.17, 15) is 9.59 Å². The van der Waals surface area contributed by atoms with Crippen LogP contribution >= 0.6 is 8.25 Å². The number of Topliss-reactive ketones (excluding diaryl/α,β-unsaturated/α-hetero) is 2. The third-order valence-electron chi connectivity index (χ3n) is 2.28. The van der Waals surface area contributed by atoms with E-state index >= 15 is 0 Å². The van der Waals surface area contributed by atoms with Gasteiger partial charge in [0.25, 0.3) is 0 Å². The minimum absolute atomic E-state index is 0.427. The van der Waals surface area contributed by atoms with Gasteiger partial charge in [0.2, 0.25) is 11.6 Å². The molecule has 0 spiro atoms. The lowest BCUT2D eigenvalue weighted by atomic mass is 10.0. The molecule has 0 radical (unpaired) electrons. The largest absolute Gasteiger partial charge is 0.326 e. The quantitative estimate of drug-likeness (QED) is 0.513. The van der Waals surface area contributed by atoms with Crippen LogP contribution in [0.1, 0.15) is 20.7 Å². The van der Waals surface area contributed by atoms with Crippen molar-refractivity contribution in [3.63, 3.8) is 0 Å². The van der Waals surface area contributed by atoms with E-state index in [4.69, 9.17) is 14.4 Å². The second kappa shape index (κ2) is 8.17. The number of carbonyl (C=O) groups is 2. The minimum Gasteiger partial charge on any atom is -0.326 e. The van der Waals surface area contributed by atoms with Crippen molar-refractivity contribution in [2.24, 2.45) is 0 Å². The molecule has 0 aromatic heterocycles. The molecule has 0 atom stereocenters. The molecule has 5 nitrogen and oxygen atoms in total. The van der Waals surface area contributed by atoms with Gasteiger partial charge in [-0.05, 0) is 0 Å². The molecule has 0 saturated carbocycles. The van der Waals surface area contributed by atoms with Crippen LogP contribution in [0, 0.1) is 0 Å². The molecule has 0 bridgehead atoms. The molecule has 0 saturated heterocycles. The van der Waals surface area contributed by atoms with Gasteiger partial charge in [0.05, 0.1) is 0 Å². The smallest absolute Gasteiger partial charge is 0.314 e. The number of carbonyl (C=O) groups excluding carboxylic acids is 2. The lowest BCUT2D eigenvalue weighted by Gasteiger charge is -1.99. The Balaban J connectivity index is 0.000000444. The van der Waals surface area contributed by atoms with Gasteiger partial charge < -0.3 is 9.79 Å². The van der Waals surface area contributed by atoms with E-state index in [2.05, 4.69) is 0 Å². The van der Waals surface area contributed by atoms with Crippen LogP contribution in [0.25, 0.3) is 0 Å². The molecular formula is C14H13O5P. The van der Waals surface area contributed by atoms with Gasteiger partial charge in [-0.2, -0.15) is 0 Å². The zero-order valence-electron chi connectivity index (χ0n) is 10.4. The highest BCUT2D eigenvalue weighted by Crippen LogP contribution is 2.07. The first-order valence-corrected chi connectivity index (χ1v) is 6.93. The first kappa shape index (κ1) is 16.0. The highest BCUT2D eigenvalue weighted by Gasteiger charge is 2.16. The van der Waals surface area contributed by atoms with E-state index in [0.29, 0.717) is 11.1 Å². The summed E-state index contributed by atoms with van der Waals surface area (Å²) in [4.78, 5) is 37.9. The van der Waals surface area contributed by atoms with Crippen molar-refractivity contribution in [2.45, 2.75) is 0 Å². The van der Waals surface area contributed by atoms with Gasteiger partial charge in [-0.25, -0.2) is 0 Å². The standard InChI is InChI=1S/C14H10O2.H3O3P/c15-13(11-7-3-1-4-8-11)14(16)12-9-5-2-6-10-12;1-4(2)3/h1-10H;4H,(H2,1,2,3). The summed E-state index contributed by atoms with van der Waals surface area (Å²) in [6, 6.07) is 17.2. The fourth-order valence-electron chi connectivity index (χ4n) is 1.44. The summed E-state index contributed by atoms with van der Waals surface area (Å²) in [5.41, 5.74) is 0.854. The van der Waals surface area contributed by atoms with Gasteiger partial charge >= 0.3 is 8.25 Å². The first-order chi connectivity index (χ1) is 9.52. The van der Waals surface area contributed by atoms with Gasteiger partial charge in [0, 0.05) is 11.1 Å². The summed E-state index contributed by atoms with van der Waals surface area (Å²) >= 11 is 0. The predicted octanol–water partition coefficient (Wildman–Crippen LogP) is 2.11. The van der Waals surface area contributed by atoms with Gasteiger partial charge in [-0.1, -0.05) is 60.7 Å². The molecule has 0 aliphatic heterocycles. The fourth-order valence-corrected chi connectivity index (χ4v) is 1.44. The van der Waals surface area contributed by atoms with Gasteiger partial charge in [-0.15, -0.1) is 0 Å². The van der Waals surface area contributed by atoms with Crippen molar-refractivity contribution >= 4 is 19.8 Å². The average Bonchev–Trinajstić information content (AvgIpc) is 2.47. The number of rotatable bonds is 3. The highest BCUT2D eigenvalue weighted by atomic mass is 31.1. The van der Waals surface area contributed by atoms with Crippen LogP contribution in [-0.2, 0) is 4.57 Å². The molecule has 0 heterocycles. The van der Waals surface area contributed by atoms with E-state index in [0.717, 1.165) is 0 Å². The Morgan fingerprint density at radius 1 is 0.700 bits per heavy atom. The van der Waals surface area contributed by atoms with E-state index in [1.165, 1.54) is 0 Å². The van der Waals surface area contributed by atoms with Crippen LogP contribution in [0.3, 0.4) is 0 Å². The molecule has 0 amide bonds. The van der Waals surface area contributed by atoms with Crippen molar-refractivity contribution in [3.05, 3.63) is 71.8 Å². The molecule has 2 rings (SSSR count). The van der Waals surface area contributed by atoms with Crippen molar-refractivity contribution in [1.29, 1.82) is 0 Å². The van der Waals surface area contributed by atoms with Crippen LogP contribution in [0.15, 0.2) is 60.7 Å².